The van der Waals surface area contributed by atoms with Gasteiger partial charge >= 0.3 is 0 Å². The average Bonchev–Trinajstić information content (AvgIpc) is 2.54. The van der Waals surface area contributed by atoms with Crippen molar-refractivity contribution >= 4 is 10.8 Å². The summed E-state index contributed by atoms with van der Waals surface area (Å²) in [5.41, 5.74) is 1.39. The van der Waals surface area contributed by atoms with Gasteiger partial charge in [-0.2, -0.15) is 0 Å². The zero-order valence-electron chi connectivity index (χ0n) is 13.3. The van der Waals surface area contributed by atoms with Crippen LogP contribution in [0.3, 0.4) is 0 Å². The van der Waals surface area contributed by atoms with Crippen LogP contribution in [0.15, 0.2) is 42.5 Å². The van der Waals surface area contributed by atoms with Gasteiger partial charge in [-0.1, -0.05) is 56.3 Å². The Labute approximate surface area is 128 Å². The highest BCUT2D eigenvalue weighted by Crippen LogP contribution is 2.26. The van der Waals surface area contributed by atoms with Crippen molar-refractivity contribution in [1.82, 2.24) is 5.32 Å². The van der Waals surface area contributed by atoms with Crippen molar-refractivity contribution in [3.63, 3.8) is 0 Å². The van der Waals surface area contributed by atoms with Crippen molar-refractivity contribution in [3.05, 3.63) is 48.0 Å². The molecule has 0 aliphatic carbocycles. The van der Waals surface area contributed by atoms with Gasteiger partial charge in [-0.3, -0.25) is 0 Å². The Balaban J connectivity index is 2.17. The third kappa shape index (κ3) is 4.55. The maximum absolute atomic E-state index is 5.69. The molecule has 0 spiro atoms. The van der Waals surface area contributed by atoms with Crippen LogP contribution >= 0.6 is 0 Å². The van der Waals surface area contributed by atoms with E-state index in [1.54, 1.807) is 0 Å². The number of fused-ring (bicyclic) bond motifs is 1. The summed E-state index contributed by atoms with van der Waals surface area (Å²) >= 11 is 0. The Morgan fingerprint density at radius 1 is 0.952 bits per heavy atom. The number of ether oxygens (including phenoxy) is 1. The quantitative estimate of drug-likeness (QED) is 0.674. The normalized spacial score (nSPS) is 12.7. The molecule has 2 rings (SSSR count). The molecule has 0 heterocycles. The van der Waals surface area contributed by atoms with E-state index in [1.807, 2.05) is 0 Å². The molecule has 2 nitrogen and oxygen atoms in total. The highest BCUT2D eigenvalue weighted by atomic mass is 16.5. The fraction of sp³-hybridized carbons (Fsp3) is 0.474. The Morgan fingerprint density at radius 2 is 1.76 bits per heavy atom. The lowest BCUT2D eigenvalue weighted by molar-refractivity contribution is 0.124. The van der Waals surface area contributed by atoms with Crippen LogP contribution in [0, 0.1) is 0 Å². The highest BCUT2D eigenvalue weighted by molar-refractivity contribution is 5.86. The van der Waals surface area contributed by atoms with Gasteiger partial charge in [0.15, 0.2) is 0 Å². The highest BCUT2D eigenvalue weighted by Gasteiger charge is 2.13. The molecule has 0 saturated carbocycles. The smallest absolute Gasteiger partial charge is 0.0484 e. The van der Waals surface area contributed by atoms with Crippen molar-refractivity contribution < 1.29 is 4.74 Å². The summed E-state index contributed by atoms with van der Waals surface area (Å²) in [4.78, 5) is 0. The summed E-state index contributed by atoms with van der Waals surface area (Å²) in [5.74, 6) is 0. The van der Waals surface area contributed by atoms with Gasteiger partial charge in [0.05, 0.1) is 0 Å². The van der Waals surface area contributed by atoms with Gasteiger partial charge < -0.3 is 10.1 Å². The van der Waals surface area contributed by atoms with Gasteiger partial charge in [-0.05, 0) is 42.1 Å². The topological polar surface area (TPSA) is 21.3 Å². The van der Waals surface area contributed by atoms with E-state index in [2.05, 4.69) is 61.6 Å². The van der Waals surface area contributed by atoms with E-state index in [-0.39, 0.29) is 0 Å². The standard InChI is InChI=1S/C19H27NO/c1-3-13-20-19(12-15-21-14-4-2)18-11-7-9-16-8-5-6-10-17(16)18/h5-11,19-20H,3-4,12-15H2,1-2H3. The van der Waals surface area contributed by atoms with Crippen LogP contribution in [0.25, 0.3) is 10.8 Å². The molecule has 1 N–H and O–H groups in total. The molecule has 1 unspecified atom stereocenters. The molecule has 2 aromatic rings. The second-order valence-electron chi connectivity index (χ2n) is 5.48. The number of benzene rings is 2. The SMILES string of the molecule is CCCNC(CCOCCC)c1cccc2ccccc12. The van der Waals surface area contributed by atoms with Crippen LogP contribution in [0.1, 0.15) is 44.7 Å². The van der Waals surface area contributed by atoms with Gasteiger partial charge in [-0.25, -0.2) is 0 Å². The summed E-state index contributed by atoms with van der Waals surface area (Å²) in [5, 5.41) is 6.34. The molecule has 0 fully saturated rings. The zero-order valence-corrected chi connectivity index (χ0v) is 13.3. The molecule has 1 atom stereocenters. The van der Waals surface area contributed by atoms with Crippen LogP contribution in [0.4, 0.5) is 0 Å². The first kappa shape index (κ1) is 16.0. The average molecular weight is 285 g/mol. The molecule has 0 aliphatic rings. The minimum atomic E-state index is 0.368. The molecule has 2 heteroatoms. The Hall–Kier alpha value is -1.38. The lowest BCUT2D eigenvalue weighted by Gasteiger charge is -2.21. The molecular formula is C19H27NO. The van der Waals surface area contributed by atoms with Crippen LogP contribution in [-0.2, 0) is 4.74 Å². The number of nitrogens with one attached hydrogen (secondary N) is 1. The monoisotopic (exact) mass is 285 g/mol. The van der Waals surface area contributed by atoms with Gasteiger partial charge in [0.25, 0.3) is 0 Å². The van der Waals surface area contributed by atoms with E-state index in [0.29, 0.717) is 6.04 Å². The lowest BCUT2D eigenvalue weighted by atomic mass is 9.97. The summed E-state index contributed by atoms with van der Waals surface area (Å²) in [7, 11) is 0. The Morgan fingerprint density at radius 3 is 2.57 bits per heavy atom. The van der Waals surface area contributed by atoms with E-state index in [0.717, 1.165) is 39.0 Å². The van der Waals surface area contributed by atoms with Crippen LogP contribution < -0.4 is 5.32 Å². The van der Waals surface area contributed by atoms with Crippen LogP contribution in [0.2, 0.25) is 0 Å². The largest absolute Gasteiger partial charge is 0.381 e. The maximum Gasteiger partial charge on any atom is 0.0484 e. The predicted molar refractivity (Wildman–Crippen MR) is 90.7 cm³/mol. The lowest BCUT2D eigenvalue weighted by Crippen LogP contribution is -2.23. The first-order valence-electron chi connectivity index (χ1n) is 8.15. The summed E-state index contributed by atoms with van der Waals surface area (Å²) in [6.45, 7) is 7.08. The van der Waals surface area contributed by atoms with Gasteiger partial charge in [0, 0.05) is 19.3 Å². The van der Waals surface area contributed by atoms with Crippen molar-refractivity contribution in [2.45, 2.75) is 39.2 Å². The summed E-state index contributed by atoms with van der Waals surface area (Å²) in [6, 6.07) is 15.6. The molecule has 21 heavy (non-hydrogen) atoms. The van der Waals surface area contributed by atoms with E-state index < -0.39 is 0 Å². The van der Waals surface area contributed by atoms with Crippen molar-refractivity contribution in [3.8, 4) is 0 Å². The number of hydrogen-bond donors (Lipinski definition) is 1. The second kappa shape index (κ2) is 8.81. The third-order valence-corrected chi connectivity index (χ3v) is 3.74. The molecule has 0 aliphatic heterocycles. The maximum atomic E-state index is 5.69. The van der Waals surface area contributed by atoms with Gasteiger partial charge in [0.1, 0.15) is 0 Å². The van der Waals surface area contributed by atoms with E-state index in [4.69, 9.17) is 4.74 Å². The molecule has 0 amide bonds. The molecule has 2 aromatic carbocycles. The van der Waals surface area contributed by atoms with E-state index >= 15 is 0 Å². The Kier molecular flexibility index (Phi) is 6.71. The number of rotatable bonds is 9. The molecule has 0 saturated heterocycles. The van der Waals surface area contributed by atoms with Crippen molar-refractivity contribution in [2.75, 3.05) is 19.8 Å². The molecule has 0 bridgehead atoms. The fourth-order valence-corrected chi connectivity index (χ4v) is 2.69. The summed E-state index contributed by atoms with van der Waals surface area (Å²) < 4.78 is 5.69. The third-order valence-electron chi connectivity index (χ3n) is 3.74. The van der Waals surface area contributed by atoms with Crippen molar-refractivity contribution in [2.24, 2.45) is 0 Å². The second-order valence-corrected chi connectivity index (χ2v) is 5.48. The summed E-state index contributed by atoms with van der Waals surface area (Å²) in [6.07, 6.45) is 3.26. The molecule has 114 valence electrons. The Bertz CT molecular complexity index is 533. The van der Waals surface area contributed by atoms with E-state index in [9.17, 15) is 0 Å². The first-order chi connectivity index (χ1) is 10.4. The van der Waals surface area contributed by atoms with Gasteiger partial charge in [0.2, 0.25) is 0 Å². The van der Waals surface area contributed by atoms with Crippen molar-refractivity contribution in [1.29, 1.82) is 0 Å². The van der Waals surface area contributed by atoms with Crippen LogP contribution in [0.5, 0.6) is 0 Å². The van der Waals surface area contributed by atoms with Gasteiger partial charge in [-0.15, -0.1) is 0 Å². The fourth-order valence-electron chi connectivity index (χ4n) is 2.69. The first-order valence-corrected chi connectivity index (χ1v) is 8.15. The minimum Gasteiger partial charge on any atom is -0.381 e. The zero-order chi connectivity index (χ0) is 14.9. The molecule has 0 radical (unpaired) electrons. The minimum absolute atomic E-state index is 0.368. The number of hydrogen-bond acceptors (Lipinski definition) is 2. The predicted octanol–water partition coefficient (Wildman–Crippen LogP) is 4.70. The van der Waals surface area contributed by atoms with Crippen LogP contribution in [-0.4, -0.2) is 19.8 Å². The molecular weight excluding hydrogens is 258 g/mol. The van der Waals surface area contributed by atoms with E-state index in [1.165, 1.54) is 16.3 Å². The molecule has 0 aromatic heterocycles.